The summed E-state index contributed by atoms with van der Waals surface area (Å²) in [4.78, 5) is 14.3. The molecule has 1 N–H and O–H groups in total. The predicted octanol–water partition coefficient (Wildman–Crippen LogP) is 2.41. The average Bonchev–Trinajstić information content (AvgIpc) is 2.58. The Bertz CT molecular complexity index is 512. The molecule has 1 aromatic rings. The average molecular weight is 357 g/mol. The zero-order chi connectivity index (χ0) is 16.1. The maximum Gasteiger partial charge on any atom is 0.224 e. The zero-order valence-electron chi connectivity index (χ0n) is 13.9. The summed E-state index contributed by atoms with van der Waals surface area (Å²) in [6.45, 7) is 3.86. The highest BCUT2D eigenvalue weighted by Gasteiger charge is 2.25. The number of likely N-dealkylation sites (tertiary alicyclic amines) is 1. The first-order valence-corrected chi connectivity index (χ1v) is 8.54. The van der Waals surface area contributed by atoms with Crippen LogP contribution in [0.4, 0.5) is 4.39 Å². The Balaban J connectivity index is 0.00000208. The third-order valence-corrected chi connectivity index (χ3v) is 4.82. The van der Waals surface area contributed by atoms with Crippen molar-refractivity contribution in [2.45, 2.75) is 31.7 Å². The minimum atomic E-state index is -0.186. The van der Waals surface area contributed by atoms with Crippen molar-refractivity contribution in [1.29, 1.82) is 0 Å². The lowest BCUT2D eigenvalue weighted by molar-refractivity contribution is -0.133. The molecule has 1 aromatic carbocycles. The van der Waals surface area contributed by atoms with Gasteiger partial charge >= 0.3 is 0 Å². The molecule has 0 radical (unpaired) electrons. The Kier molecular flexibility index (Phi) is 7.46. The second-order valence-electron chi connectivity index (χ2n) is 6.58. The van der Waals surface area contributed by atoms with Gasteiger partial charge in [-0.15, -0.1) is 12.4 Å². The van der Waals surface area contributed by atoms with Gasteiger partial charge in [-0.2, -0.15) is 0 Å². The number of amides is 1. The Hall–Kier alpha value is -1.17. The van der Waals surface area contributed by atoms with Crippen LogP contribution in [0.2, 0.25) is 0 Å². The SMILES string of the molecule is Cl.O=C(CC1COCCN1)N1CCC(Cc2ccc(F)cc2)CC1. The van der Waals surface area contributed by atoms with E-state index in [9.17, 15) is 9.18 Å². The fraction of sp³-hybridized carbons (Fsp3) is 0.611. The van der Waals surface area contributed by atoms with E-state index in [1.807, 2.05) is 17.0 Å². The summed E-state index contributed by atoms with van der Waals surface area (Å²) < 4.78 is 18.3. The molecule has 2 fully saturated rings. The second-order valence-corrected chi connectivity index (χ2v) is 6.58. The maximum atomic E-state index is 12.9. The first-order chi connectivity index (χ1) is 11.2. The van der Waals surface area contributed by atoms with E-state index in [4.69, 9.17) is 4.74 Å². The molecule has 6 heteroatoms. The largest absolute Gasteiger partial charge is 0.378 e. The molecule has 0 aromatic heterocycles. The Morgan fingerprint density at radius 2 is 1.96 bits per heavy atom. The fourth-order valence-corrected chi connectivity index (χ4v) is 3.43. The number of benzene rings is 1. The van der Waals surface area contributed by atoms with Gasteiger partial charge in [-0.05, 0) is 42.9 Å². The van der Waals surface area contributed by atoms with Gasteiger partial charge in [-0.1, -0.05) is 12.1 Å². The molecular formula is C18H26ClFN2O2. The van der Waals surface area contributed by atoms with Crippen molar-refractivity contribution >= 4 is 18.3 Å². The molecule has 1 amide bonds. The number of nitrogens with one attached hydrogen (secondary N) is 1. The smallest absolute Gasteiger partial charge is 0.224 e. The van der Waals surface area contributed by atoms with Crippen molar-refractivity contribution < 1.29 is 13.9 Å². The minimum absolute atomic E-state index is 0. The van der Waals surface area contributed by atoms with Crippen LogP contribution in [0.15, 0.2) is 24.3 Å². The lowest BCUT2D eigenvalue weighted by Crippen LogP contribution is -2.46. The molecule has 3 rings (SSSR count). The van der Waals surface area contributed by atoms with Crippen molar-refractivity contribution in [2.75, 3.05) is 32.8 Å². The number of ether oxygens (including phenoxy) is 1. The van der Waals surface area contributed by atoms with Crippen molar-refractivity contribution in [1.82, 2.24) is 10.2 Å². The number of carbonyl (C=O) groups is 1. The lowest BCUT2D eigenvalue weighted by atomic mass is 9.90. The van der Waals surface area contributed by atoms with Crippen molar-refractivity contribution in [2.24, 2.45) is 5.92 Å². The highest BCUT2D eigenvalue weighted by atomic mass is 35.5. The van der Waals surface area contributed by atoms with Gasteiger partial charge < -0.3 is 15.0 Å². The van der Waals surface area contributed by atoms with Gasteiger partial charge in [-0.3, -0.25) is 4.79 Å². The standard InChI is InChI=1S/C18H25FN2O2.ClH/c19-16-3-1-14(2-4-16)11-15-5-8-21(9-6-15)18(22)12-17-13-23-10-7-20-17;/h1-4,15,17,20H,5-13H2;1H. The summed E-state index contributed by atoms with van der Waals surface area (Å²) in [5, 5.41) is 3.33. The van der Waals surface area contributed by atoms with E-state index in [1.54, 1.807) is 0 Å². The summed E-state index contributed by atoms with van der Waals surface area (Å²) >= 11 is 0. The topological polar surface area (TPSA) is 41.6 Å². The Labute approximate surface area is 149 Å². The van der Waals surface area contributed by atoms with Gasteiger partial charge in [0, 0.05) is 32.1 Å². The number of nitrogens with zero attached hydrogens (tertiary/aromatic N) is 1. The van der Waals surface area contributed by atoms with Crippen LogP contribution in [0, 0.1) is 11.7 Å². The van der Waals surface area contributed by atoms with Crippen molar-refractivity contribution in [3.63, 3.8) is 0 Å². The molecule has 1 atom stereocenters. The van der Waals surface area contributed by atoms with E-state index in [2.05, 4.69) is 5.32 Å². The predicted molar refractivity (Wildman–Crippen MR) is 93.9 cm³/mol. The van der Waals surface area contributed by atoms with Crippen LogP contribution in [0.1, 0.15) is 24.8 Å². The molecule has 2 saturated heterocycles. The van der Waals surface area contributed by atoms with Gasteiger partial charge in [0.05, 0.1) is 13.2 Å². The molecule has 0 saturated carbocycles. The van der Waals surface area contributed by atoms with Crippen LogP contribution in [0.3, 0.4) is 0 Å². The van der Waals surface area contributed by atoms with E-state index < -0.39 is 0 Å². The zero-order valence-corrected chi connectivity index (χ0v) is 14.7. The van der Waals surface area contributed by atoms with E-state index in [0.717, 1.165) is 45.5 Å². The minimum Gasteiger partial charge on any atom is -0.378 e. The second kappa shape index (κ2) is 9.35. The van der Waals surface area contributed by atoms with E-state index >= 15 is 0 Å². The Morgan fingerprint density at radius 3 is 2.58 bits per heavy atom. The molecular weight excluding hydrogens is 331 g/mol. The molecule has 4 nitrogen and oxygen atoms in total. The van der Waals surface area contributed by atoms with Gasteiger partial charge in [0.2, 0.25) is 5.91 Å². The Morgan fingerprint density at radius 1 is 1.25 bits per heavy atom. The number of hydrogen-bond donors (Lipinski definition) is 1. The summed E-state index contributed by atoms with van der Waals surface area (Å²) in [5.41, 5.74) is 1.18. The molecule has 1 unspecified atom stereocenters. The maximum absolute atomic E-state index is 12.9. The monoisotopic (exact) mass is 356 g/mol. The highest BCUT2D eigenvalue weighted by Crippen LogP contribution is 2.22. The normalized spacial score (nSPS) is 22.0. The molecule has 2 aliphatic heterocycles. The molecule has 24 heavy (non-hydrogen) atoms. The number of rotatable bonds is 4. The molecule has 0 aliphatic carbocycles. The van der Waals surface area contributed by atoms with Crippen molar-refractivity contribution in [3.8, 4) is 0 Å². The first-order valence-electron chi connectivity index (χ1n) is 8.54. The van der Waals surface area contributed by atoms with E-state index in [0.29, 0.717) is 18.9 Å². The first kappa shape index (κ1) is 19.2. The molecule has 2 aliphatic rings. The summed E-state index contributed by atoms with van der Waals surface area (Å²) in [6, 6.07) is 6.93. The van der Waals surface area contributed by atoms with E-state index in [-0.39, 0.29) is 30.2 Å². The van der Waals surface area contributed by atoms with Crippen LogP contribution in [-0.2, 0) is 16.0 Å². The summed E-state index contributed by atoms with van der Waals surface area (Å²) in [7, 11) is 0. The number of hydrogen-bond acceptors (Lipinski definition) is 3. The third kappa shape index (κ3) is 5.43. The van der Waals surface area contributed by atoms with Crippen LogP contribution in [-0.4, -0.2) is 49.7 Å². The molecule has 2 heterocycles. The summed E-state index contributed by atoms with van der Waals surface area (Å²) in [5.74, 6) is 0.628. The van der Waals surface area contributed by atoms with Gasteiger partial charge in [0.15, 0.2) is 0 Å². The van der Waals surface area contributed by atoms with Crippen LogP contribution in [0.5, 0.6) is 0 Å². The number of halogens is 2. The van der Waals surface area contributed by atoms with Gasteiger partial charge in [-0.25, -0.2) is 4.39 Å². The number of piperidine rings is 1. The molecule has 0 bridgehead atoms. The van der Waals surface area contributed by atoms with Crippen LogP contribution < -0.4 is 5.32 Å². The number of carbonyl (C=O) groups excluding carboxylic acids is 1. The van der Waals surface area contributed by atoms with Crippen molar-refractivity contribution in [3.05, 3.63) is 35.6 Å². The van der Waals surface area contributed by atoms with Crippen LogP contribution in [0.25, 0.3) is 0 Å². The number of morpholine rings is 1. The molecule has 0 spiro atoms. The van der Waals surface area contributed by atoms with Crippen LogP contribution >= 0.6 is 12.4 Å². The lowest BCUT2D eigenvalue weighted by Gasteiger charge is -2.33. The summed E-state index contributed by atoms with van der Waals surface area (Å²) in [6.07, 6.45) is 3.55. The quantitative estimate of drug-likeness (QED) is 0.900. The highest BCUT2D eigenvalue weighted by molar-refractivity contribution is 5.85. The third-order valence-electron chi connectivity index (χ3n) is 4.82. The fourth-order valence-electron chi connectivity index (χ4n) is 3.43. The van der Waals surface area contributed by atoms with Gasteiger partial charge in [0.25, 0.3) is 0 Å². The molecule has 134 valence electrons. The van der Waals surface area contributed by atoms with Gasteiger partial charge in [0.1, 0.15) is 5.82 Å². The van der Waals surface area contributed by atoms with E-state index in [1.165, 1.54) is 17.7 Å².